The van der Waals surface area contributed by atoms with E-state index in [1.807, 2.05) is 0 Å². The second kappa shape index (κ2) is 11.0. The molecule has 4 rings (SSSR count). The van der Waals surface area contributed by atoms with Gasteiger partial charge in [0.05, 0.1) is 13.0 Å². The monoisotopic (exact) mass is 476 g/mol. The van der Waals surface area contributed by atoms with E-state index in [0.717, 1.165) is 32.1 Å². The average molecular weight is 477 g/mol. The van der Waals surface area contributed by atoms with Crippen LogP contribution in [0, 0.1) is 29.5 Å². The molecule has 0 N–H and O–H groups in total. The van der Waals surface area contributed by atoms with Crippen LogP contribution < -0.4 is 4.74 Å². The molecule has 0 amide bonds. The number of allylic oxidation sites excluding steroid dienone is 3. The van der Waals surface area contributed by atoms with Crippen LogP contribution in [0.2, 0.25) is 0 Å². The highest BCUT2D eigenvalue weighted by molar-refractivity contribution is 5.74. The summed E-state index contributed by atoms with van der Waals surface area (Å²) in [5.41, 5.74) is 0.623. The minimum atomic E-state index is -1.02. The number of hydrogen-bond donors (Lipinski definition) is 0. The molecule has 0 saturated heterocycles. The summed E-state index contributed by atoms with van der Waals surface area (Å²) in [6.07, 6.45) is 9.37. The molecule has 0 aliphatic heterocycles. The van der Waals surface area contributed by atoms with Crippen molar-refractivity contribution in [1.82, 2.24) is 0 Å². The van der Waals surface area contributed by atoms with Crippen LogP contribution in [0.5, 0.6) is 5.75 Å². The topological polar surface area (TPSA) is 35.5 Å². The Bertz CT molecular complexity index is 938. The highest BCUT2D eigenvalue weighted by Crippen LogP contribution is 2.44. The molecule has 1 aromatic carbocycles. The number of esters is 1. The van der Waals surface area contributed by atoms with Crippen LogP contribution >= 0.6 is 0 Å². The number of methoxy groups -OCH3 is 1. The van der Waals surface area contributed by atoms with E-state index in [1.165, 1.54) is 13.2 Å². The van der Waals surface area contributed by atoms with Crippen molar-refractivity contribution in [2.45, 2.75) is 77.0 Å². The lowest BCUT2D eigenvalue weighted by Crippen LogP contribution is -2.26. The second-order valence-corrected chi connectivity index (χ2v) is 10.1. The number of carbonyl (C=O) groups is 1. The average Bonchev–Trinajstić information content (AvgIpc) is 2.87. The van der Waals surface area contributed by atoms with Gasteiger partial charge in [-0.2, -0.15) is 4.39 Å². The molecule has 34 heavy (non-hydrogen) atoms. The van der Waals surface area contributed by atoms with Crippen LogP contribution in [0.15, 0.2) is 41.7 Å². The molecular weight excluding hydrogens is 441 g/mol. The summed E-state index contributed by atoms with van der Waals surface area (Å²) in [5, 5.41) is 0. The van der Waals surface area contributed by atoms with E-state index in [1.54, 1.807) is 18.2 Å². The number of carbonyl (C=O) groups excluding carboxylic acids is 1. The third-order valence-corrected chi connectivity index (χ3v) is 8.27. The van der Waals surface area contributed by atoms with Gasteiger partial charge in [0.2, 0.25) is 0 Å². The van der Waals surface area contributed by atoms with E-state index >= 15 is 0 Å². The fourth-order valence-electron chi connectivity index (χ4n) is 5.99. The predicted octanol–water partition coefficient (Wildman–Crippen LogP) is 7.92. The van der Waals surface area contributed by atoms with Crippen molar-refractivity contribution in [2.75, 3.05) is 7.11 Å². The molecule has 0 radical (unpaired) electrons. The van der Waals surface area contributed by atoms with Gasteiger partial charge in [0, 0.05) is 12.0 Å². The molecule has 0 bridgehead atoms. The summed E-state index contributed by atoms with van der Waals surface area (Å²) in [5.74, 6) is -2.39. The number of rotatable bonds is 6. The van der Waals surface area contributed by atoms with Crippen molar-refractivity contribution in [1.29, 1.82) is 0 Å². The Hall–Kier alpha value is -2.24. The van der Waals surface area contributed by atoms with Crippen molar-refractivity contribution >= 4 is 5.97 Å². The summed E-state index contributed by atoms with van der Waals surface area (Å²) in [4.78, 5) is 12.7. The minimum absolute atomic E-state index is 0.0153. The molecule has 3 aliphatic carbocycles. The Morgan fingerprint density at radius 2 is 1.71 bits per heavy atom. The maximum atomic E-state index is 14.9. The molecule has 0 heterocycles. The summed E-state index contributed by atoms with van der Waals surface area (Å²) >= 11 is 0. The van der Waals surface area contributed by atoms with Crippen LogP contribution in [-0.2, 0) is 9.53 Å². The van der Waals surface area contributed by atoms with E-state index < -0.39 is 29.5 Å². The molecule has 186 valence electrons. The lowest BCUT2D eigenvalue weighted by molar-refractivity contribution is -0.145. The molecule has 2 fully saturated rings. The van der Waals surface area contributed by atoms with Crippen LogP contribution in [0.1, 0.15) is 82.6 Å². The standard InChI is InChI=1S/C28H35F3O3/c1-3-17-4-6-19(7-5-17)23-14-15-25(27(31)26(23)30)34-28(32)20-10-8-18(9-11-20)22-13-12-21(33-2)16-24(22)29/h12-13,15-20,23H,3-11,14H2,1-2H3. The quantitative estimate of drug-likeness (QED) is 0.391. The van der Waals surface area contributed by atoms with Crippen molar-refractivity contribution in [3.8, 4) is 5.75 Å². The Kier molecular flexibility index (Phi) is 8.05. The van der Waals surface area contributed by atoms with Crippen LogP contribution in [0.4, 0.5) is 13.2 Å². The van der Waals surface area contributed by atoms with Gasteiger partial charge in [0.1, 0.15) is 17.4 Å². The van der Waals surface area contributed by atoms with Gasteiger partial charge in [-0.3, -0.25) is 4.79 Å². The fraction of sp³-hybridized carbons (Fsp3) is 0.607. The molecule has 1 atom stereocenters. The van der Waals surface area contributed by atoms with Gasteiger partial charge < -0.3 is 9.47 Å². The first kappa shape index (κ1) is 24.9. The third kappa shape index (κ3) is 5.36. The Morgan fingerprint density at radius 3 is 2.32 bits per heavy atom. The van der Waals surface area contributed by atoms with Gasteiger partial charge in [-0.05, 0) is 80.4 Å². The lowest BCUT2D eigenvalue weighted by atomic mass is 9.73. The molecule has 3 nitrogen and oxygen atoms in total. The maximum Gasteiger partial charge on any atom is 0.314 e. The van der Waals surface area contributed by atoms with Gasteiger partial charge in [0.25, 0.3) is 0 Å². The summed E-state index contributed by atoms with van der Waals surface area (Å²) in [6.45, 7) is 2.18. The molecule has 0 aromatic heterocycles. The Balaban J connectivity index is 1.31. The lowest BCUT2D eigenvalue weighted by Gasteiger charge is -2.34. The van der Waals surface area contributed by atoms with Gasteiger partial charge in [-0.25, -0.2) is 8.78 Å². The van der Waals surface area contributed by atoms with E-state index in [9.17, 15) is 18.0 Å². The van der Waals surface area contributed by atoms with Gasteiger partial charge >= 0.3 is 5.97 Å². The third-order valence-electron chi connectivity index (χ3n) is 8.27. The first-order chi connectivity index (χ1) is 16.4. The van der Waals surface area contributed by atoms with Crippen LogP contribution in [-0.4, -0.2) is 13.1 Å². The Morgan fingerprint density at radius 1 is 1.00 bits per heavy atom. The summed E-state index contributed by atoms with van der Waals surface area (Å²) in [7, 11) is 1.49. The van der Waals surface area contributed by atoms with E-state index in [4.69, 9.17) is 9.47 Å². The second-order valence-electron chi connectivity index (χ2n) is 10.1. The zero-order valence-corrected chi connectivity index (χ0v) is 20.1. The zero-order chi connectivity index (χ0) is 24.2. The molecule has 1 aromatic rings. The van der Waals surface area contributed by atoms with Crippen molar-refractivity contribution < 1.29 is 27.4 Å². The van der Waals surface area contributed by atoms with Gasteiger partial charge in [-0.15, -0.1) is 0 Å². The number of ether oxygens (including phenoxy) is 2. The van der Waals surface area contributed by atoms with Crippen molar-refractivity contribution in [3.63, 3.8) is 0 Å². The van der Waals surface area contributed by atoms with Crippen molar-refractivity contribution in [2.24, 2.45) is 23.7 Å². The van der Waals surface area contributed by atoms with E-state index in [2.05, 4.69) is 6.92 Å². The number of hydrogen-bond acceptors (Lipinski definition) is 3. The first-order valence-electron chi connectivity index (χ1n) is 12.7. The maximum absolute atomic E-state index is 14.9. The summed E-state index contributed by atoms with van der Waals surface area (Å²) < 4.78 is 54.5. The minimum Gasteiger partial charge on any atom is -0.497 e. The Labute approximate surface area is 200 Å². The zero-order valence-electron chi connectivity index (χ0n) is 20.1. The highest BCUT2D eigenvalue weighted by Gasteiger charge is 2.36. The molecule has 1 unspecified atom stereocenters. The van der Waals surface area contributed by atoms with E-state index in [-0.39, 0.29) is 23.4 Å². The highest BCUT2D eigenvalue weighted by atomic mass is 19.2. The van der Waals surface area contributed by atoms with E-state index in [0.29, 0.717) is 49.3 Å². The summed E-state index contributed by atoms with van der Waals surface area (Å²) in [6, 6.07) is 4.84. The molecule has 2 saturated carbocycles. The SMILES string of the molecule is CCC1CCC(C2CC=C(OC(=O)C3CCC(c4ccc(OC)cc4F)CC3)C(F)=C2F)CC1. The van der Waals surface area contributed by atoms with Crippen molar-refractivity contribution in [3.05, 3.63) is 53.1 Å². The molecule has 6 heteroatoms. The number of benzene rings is 1. The van der Waals surface area contributed by atoms with Gasteiger partial charge in [0.15, 0.2) is 11.6 Å². The van der Waals surface area contributed by atoms with Crippen LogP contribution in [0.25, 0.3) is 0 Å². The fourth-order valence-corrected chi connectivity index (χ4v) is 5.99. The van der Waals surface area contributed by atoms with Crippen LogP contribution in [0.3, 0.4) is 0 Å². The largest absolute Gasteiger partial charge is 0.497 e. The van der Waals surface area contributed by atoms with Gasteiger partial charge in [-0.1, -0.05) is 32.3 Å². The smallest absolute Gasteiger partial charge is 0.314 e. The molecular formula is C28H35F3O3. The first-order valence-corrected chi connectivity index (χ1v) is 12.7. The predicted molar refractivity (Wildman–Crippen MR) is 125 cm³/mol. The molecule has 0 spiro atoms. The normalized spacial score (nSPS) is 30.0. The number of halogens is 3. The molecule has 3 aliphatic rings.